The number of hydrogen-bond acceptors (Lipinski definition) is 5. The fourth-order valence-corrected chi connectivity index (χ4v) is 2.60. The lowest BCUT2D eigenvalue weighted by Gasteiger charge is -2.25. The molecule has 0 spiro atoms. The molecule has 114 valence electrons. The van der Waals surface area contributed by atoms with Crippen LogP contribution in [0.5, 0.6) is 0 Å². The van der Waals surface area contributed by atoms with Gasteiger partial charge in [0, 0.05) is 6.42 Å². The SMILES string of the molecule is NN=Cc1ccc(CCCC[C@H]2C[C@H](O)CC(=O)O2)cc1. The number of esters is 1. The lowest BCUT2D eigenvalue weighted by Crippen LogP contribution is -2.32. The molecule has 1 aromatic carbocycles. The van der Waals surface area contributed by atoms with Crippen LogP contribution in [-0.2, 0) is 16.0 Å². The highest BCUT2D eigenvalue weighted by molar-refractivity contribution is 5.79. The topological polar surface area (TPSA) is 84.9 Å². The molecule has 0 unspecified atom stereocenters. The van der Waals surface area contributed by atoms with Gasteiger partial charge in [0.1, 0.15) is 6.10 Å². The van der Waals surface area contributed by atoms with Gasteiger partial charge in [-0.05, 0) is 36.8 Å². The Bertz CT molecular complexity index is 485. The summed E-state index contributed by atoms with van der Waals surface area (Å²) in [6.45, 7) is 0. The van der Waals surface area contributed by atoms with E-state index in [4.69, 9.17) is 10.6 Å². The molecule has 1 saturated heterocycles. The lowest BCUT2D eigenvalue weighted by molar-refractivity contribution is -0.160. The second-order valence-corrected chi connectivity index (χ2v) is 5.47. The number of carbonyl (C=O) groups is 1. The van der Waals surface area contributed by atoms with Crippen molar-refractivity contribution < 1.29 is 14.6 Å². The Morgan fingerprint density at radius 2 is 2.10 bits per heavy atom. The number of aryl methyl sites for hydroxylation is 1. The summed E-state index contributed by atoms with van der Waals surface area (Å²) in [5, 5.41) is 13.0. The van der Waals surface area contributed by atoms with Crippen molar-refractivity contribution in [2.24, 2.45) is 10.9 Å². The summed E-state index contributed by atoms with van der Waals surface area (Å²) in [6, 6.07) is 8.12. The number of ether oxygens (including phenoxy) is 1. The average Bonchev–Trinajstić information content (AvgIpc) is 2.45. The number of aliphatic hydroxyl groups excluding tert-OH is 1. The number of hydrogen-bond donors (Lipinski definition) is 2. The summed E-state index contributed by atoms with van der Waals surface area (Å²) in [5.41, 5.74) is 2.26. The molecule has 0 saturated carbocycles. The van der Waals surface area contributed by atoms with Gasteiger partial charge >= 0.3 is 5.97 Å². The van der Waals surface area contributed by atoms with Crippen LogP contribution < -0.4 is 5.84 Å². The van der Waals surface area contributed by atoms with Crippen molar-refractivity contribution in [1.82, 2.24) is 0 Å². The first-order chi connectivity index (χ1) is 10.2. The fourth-order valence-electron chi connectivity index (χ4n) is 2.60. The highest BCUT2D eigenvalue weighted by atomic mass is 16.5. The van der Waals surface area contributed by atoms with Gasteiger partial charge in [0.2, 0.25) is 0 Å². The molecule has 2 rings (SSSR count). The highest BCUT2D eigenvalue weighted by Crippen LogP contribution is 2.20. The summed E-state index contributed by atoms with van der Waals surface area (Å²) in [7, 11) is 0. The fraction of sp³-hybridized carbons (Fsp3) is 0.500. The van der Waals surface area contributed by atoms with Gasteiger partial charge < -0.3 is 15.7 Å². The molecular formula is C16H22N2O3. The molecule has 1 fully saturated rings. The highest BCUT2D eigenvalue weighted by Gasteiger charge is 2.26. The molecule has 0 amide bonds. The van der Waals surface area contributed by atoms with Crippen LogP contribution in [0.25, 0.3) is 0 Å². The van der Waals surface area contributed by atoms with E-state index in [2.05, 4.69) is 17.2 Å². The Labute approximate surface area is 124 Å². The largest absolute Gasteiger partial charge is 0.462 e. The third-order valence-electron chi connectivity index (χ3n) is 3.68. The first-order valence-electron chi connectivity index (χ1n) is 7.37. The second kappa shape index (κ2) is 7.78. The van der Waals surface area contributed by atoms with Crippen molar-refractivity contribution in [2.45, 2.75) is 50.7 Å². The number of hydrazone groups is 1. The minimum absolute atomic E-state index is 0.121. The van der Waals surface area contributed by atoms with E-state index in [0.29, 0.717) is 6.42 Å². The molecule has 5 nitrogen and oxygen atoms in total. The van der Waals surface area contributed by atoms with E-state index in [0.717, 1.165) is 31.2 Å². The van der Waals surface area contributed by atoms with E-state index in [-0.39, 0.29) is 18.5 Å². The molecule has 5 heteroatoms. The molecule has 1 aromatic rings. The number of benzene rings is 1. The van der Waals surface area contributed by atoms with Gasteiger partial charge in [0.25, 0.3) is 0 Å². The molecule has 2 atom stereocenters. The molecule has 1 aliphatic heterocycles. The van der Waals surface area contributed by atoms with Crippen molar-refractivity contribution in [3.63, 3.8) is 0 Å². The number of nitrogens with zero attached hydrogens (tertiary/aromatic N) is 1. The smallest absolute Gasteiger partial charge is 0.308 e. The average molecular weight is 290 g/mol. The number of aliphatic hydroxyl groups is 1. The first-order valence-corrected chi connectivity index (χ1v) is 7.37. The van der Waals surface area contributed by atoms with E-state index in [1.165, 1.54) is 5.56 Å². The van der Waals surface area contributed by atoms with Crippen molar-refractivity contribution in [3.8, 4) is 0 Å². The molecule has 21 heavy (non-hydrogen) atoms. The van der Waals surface area contributed by atoms with E-state index >= 15 is 0 Å². The van der Waals surface area contributed by atoms with Gasteiger partial charge in [-0.25, -0.2) is 0 Å². The number of cyclic esters (lactones) is 1. The number of carbonyl (C=O) groups excluding carboxylic acids is 1. The van der Waals surface area contributed by atoms with Crippen molar-refractivity contribution in [2.75, 3.05) is 0 Å². The number of nitrogens with two attached hydrogens (primary N) is 1. The molecule has 0 aliphatic carbocycles. The van der Waals surface area contributed by atoms with Crippen molar-refractivity contribution in [3.05, 3.63) is 35.4 Å². The maximum Gasteiger partial charge on any atom is 0.308 e. The Morgan fingerprint density at radius 3 is 2.76 bits per heavy atom. The van der Waals surface area contributed by atoms with Crippen LogP contribution in [0.2, 0.25) is 0 Å². The lowest BCUT2D eigenvalue weighted by atomic mass is 9.99. The van der Waals surface area contributed by atoms with Gasteiger partial charge in [0.15, 0.2) is 0 Å². The quantitative estimate of drug-likeness (QED) is 0.275. The van der Waals surface area contributed by atoms with Crippen LogP contribution in [0.1, 0.15) is 43.2 Å². The molecule has 0 bridgehead atoms. The standard InChI is InChI=1S/C16H22N2O3/c17-18-11-13-7-5-12(6-8-13)3-1-2-4-15-9-14(19)10-16(20)21-15/h5-8,11,14-15,19H,1-4,9-10,17H2/t14-,15-/m0/s1. The predicted molar refractivity (Wildman–Crippen MR) is 80.9 cm³/mol. The summed E-state index contributed by atoms with van der Waals surface area (Å²) in [4.78, 5) is 11.2. The first kappa shape index (κ1) is 15.5. The Kier molecular flexibility index (Phi) is 5.75. The Morgan fingerprint density at radius 1 is 1.33 bits per heavy atom. The van der Waals surface area contributed by atoms with Gasteiger partial charge in [-0.1, -0.05) is 24.3 Å². The van der Waals surface area contributed by atoms with Crippen LogP contribution in [-0.4, -0.2) is 29.5 Å². The normalized spacial score (nSPS) is 22.4. The minimum Gasteiger partial charge on any atom is -0.462 e. The minimum atomic E-state index is -0.534. The monoisotopic (exact) mass is 290 g/mol. The number of rotatable bonds is 6. The summed E-state index contributed by atoms with van der Waals surface area (Å²) in [5.74, 6) is 4.82. The van der Waals surface area contributed by atoms with Crippen molar-refractivity contribution >= 4 is 12.2 Å². The molecule has 1 aliphatic rings. The van der Waals surface area contributed by atoms with E-state index < -0.39 is 6.10 Å². The predicted octanol–water partition coefficient (Wildman–Crippen LogP) is 1.76. The number of unbranched alkanes of at least 4 members (excludes halogenated alkanes) is 1. The van der Waals surface area contributed by atoms with Gasteiger partial charge in [-0.3, -0.25) is 4.79 Å². The van der Waals surface area contributed by atoms with Crippen LogP contribution in [0.3, 0.4) is 0 Å². The molecule has 0 radical (unpaired) electrons. The maximum absolute atomic E-state index is 11.2. The van der Waals surface area contributed by atoms with Crippen LogP contribution in [0, 0.1) is 0 Å². The van der Waals surface area contributed by atoms with Crippen molar-refractivity contribution in [1.29, 1.82) is 0 Å². The van der Waals surface area contributed by atoms with Crippen LogP contribution in [0.15, 0.2) is 29.4 Å². The Hall–Kier alpha value is -1.88. The zero-order valence-corrected chi connectivity index (χ0v) is 12.1. The summed E-state index contributed by atoms with van der Waals surface area (Å²) in [6.07, 6.45) is 5.49. The van der Waals surface area contributed by atoms with Gasteiger partial charge in [-0.2, -0.15) is 5.10 Å². The van der Waals surface area contributed by atoms with Crippen LogP contribution >= 0.6 is 0 Å². The molecule has 0 aromatic heterocycles. The second-order valence-electron chi connectivity index (χ2n) is 5.47. The zero-order chi connectivity index (χ0) is 15.1. The third-order valence-corrected chi connectivity index (χ3v) is 3.68. The summed E-state index contributed by atoms with van der Waals surface area (Å²) < 4.78 is 5.23. The zero-order valence-electron chi connectivity index (χ0n) is 12.1. The molecular weight excluding hydrogens is 268 g/mol. The van der Waals surface area contributed by atoms with E-state index in [1.54, 1.807) is 6.21 Å². The maximum atomic E-state index is 11.2. The molecule has 3 N–H and O–H groups in total. The third kappa shape index (κ3) is 5.19. The Balaban J connectivity index is 1.68. The summed E-state index contributed by atoms with van der Waals surface area (Å²) >= 11 is 0. The van der Waals surface area contributed by atoms with E-state index in [9.17, 15) is 9.90 Å². The van der Waals surface area contributed by atoms with Gasteiger partial charge in [0.05, 0.1) is 18.7 Å². The van der Waals surface area contributed by atoms with Gasteiger partial charge in [-0.15, -0.1) is 0 Å². The van der Waals surface area contributed by atoms with Crippen LogP contribution in [0.4, 0.5) is 0 Å². The molecule has 1 heterocycles. The van der Waals surface area contributed by atoms with E-state index in [1.807, 2.05) is 12.1 Å².